The van der Waals surface area contributed by atoms with Crippen LogP contribution in [0.5, 0.6) is 5.75 Å². The third kappa shape index (κ3) is 6.14. The molecule has 1 saturated heterocycles. The van der Waals surface area contributed by atoms with Crippen LogP contribution in [0.15, 0.2) is 71.5 Å². The summed E-state index contributed by atoms with van der Waals surface area (Å²) in [6.45, 7) is 0.772. The van der Waals surface area contributed by atoms with Gasteiger partial charge in [-0.3, -0.25) is 19.3 Å². The molecule has 3 atom stereocenters. The predicted octanol–water partition coefficient (Wildman–Crippen LogP) is 4.96. The number of halogens is 3. The molecule has 0 unspecified atom stereocenters. The van der Waals surface area contributed by atoms with Crippen molar-refractivity contribution < 1.29 is 42.1 Å². The van der Waals surface area contributed by atoms with Gasteiger partial charge in [0, 0.05) is 17.2 Å². The number of carbonyl (C=O) groups is 3. The Labute approximate surface area is 259 Å². The monoisotopic (exact) mass is 636 g/mol. The molecular formula is C32H27F3N4O7. The van der Waals surface area contributed by atoms with Crippen molar-refractivity contribution in [3.05, 3.63) is 93.8 Å². The van der Waals surface area contributed by atoms with E-state index in [1.807, 2.05) is 18.2 Å². The molecule has 1 aliphatic heterocycles. The van der Waals surface area contributed by atoms with Crippen molar-refractivity contribution >= 4 is 34.4 Å². The van der Waals surface area contributed by atoms with E-state index in [0.717, 1.165) is 22.4 Å². The number of aliphatic carboxylic acids is 1. The van der Waals surface area contributed by atoms with Gasteiger partial charge in [0.2, 0.25) is 0 Å². The Morgan fingerprint density at radius 2 is 1.80 bits per heavy atom. The summed E-state index contributed by atoms with van der Waals surface area (Å²) in [5, 5.41) is 17.5. The normalized spacial score (nSPS) is 19.8. The minimum absolute atomic E-state index is 0.0156. The first-order valence-corrected chi connectivity index (χ1v) is 14.5. The van der Waals surface area contributed by atoms with Gasteiger partial charge in [0.25, 0.3) is 5.56 Å². The van der Waals surface area contributed by atoms with Crippen LogP contribution in [-0.4, -0.2) is 51.1 Å². The van der Waals surface area contributed by atoms with Crippen LogP contribution in [0.25, 0.3) is 10.9 Å². The van der Waals surface area contributed by atoms with E-state index in [0.29, 0.717) is 36.2 Å². The number of nitrogens with zero attached hydrogens (tertiary/aromatic N) is 4. The first-order chi connectivity index (χ1) is 22.0. The lowest BCUT2D eigenvalue weighted by Gasteiger charge is -2.20. The van der Waals surface area contributed by atoms with Gasteiger partial charge in [-0.05, 0) is 78.9 Å². The van der Waals surface area contributed by atoms with E-state index in [1.54, 1.807) is 30.3 Å². The quantitative estimate of drug-likeness (QED) is 0.253. The number of carboxylic acids is 1. The highest BCUT2D eigenvalue weighted by atomic mass is 19.4. The maximum Gasteiger partial charge on any atom is 0.416 e. The number of amides is 1. The number of carbonyl (C=O) groups excluding carboxylic acids is 2. The fourth-order valence-electron chi connectivity index (χ4n) is 6.09. The zero-order chi connectivity index (χ0) is 32.6. The molecule has 3 aromatic carbocycles. The van der Waals surface area contributed by atoms with Crippen LogP contribution in [-0.2, 0) is 28.9 Å². The molecule has 11 nitrogen and oxygen atoms in total. The first kappa shape index (κ1) is 30.7. The van der Waals surface area contributed by atoms with E-state index < -0.39 is 47.1 Å². The number of rotatable bonds is 9. The molecule has 4 aromatic rings. The molecule has 2 heterocycles. The summed E-state index contributed by atoms with van der Waals surface area (Å²) in [5.74, 6) is -3.82. The lowest BCUT2D eigenvalue weighted by atomic mass is 9.84. The summed E-state index contributed by atoms with van der Waals surface area (Å²) in [5.41, 5.74) is -0.0479. The number of anilines is 1. The van der Waals surface area contributed by atoms with Gasteiger partial charge in [-0.1, -0.05) is 17.3 Å². The number of ketones is 1. The van der Waals surface area contributed by atoms with E-state index in [-0.39, 0.29) is 42.7 Å². The summed E-state index contributed by atoms with van der Waals surface area (Å²) < 4.78 is 51.4. The van der Waals surface area contributed by atoms with Crippen LogP contribution in [0.2, 0.25) is 0 Å². The second-order valence-electron chi connectivity index (χ2n) is 11.2. The predicted molar refractivity (Wildman–Crippen MR) is 156 cm³/mol. The minimum Gasteiger partial charge on any atom is -0.489 e. The van der Waals surface area contributed by atoms with Gasteiger partial charge in [0.15, 0.2) is 5.78 Å². The molecule has 238 valence electrons. The van der Waals surface area contributed by atoms with Crippen molar-refractivity contribution in [2.45, 2.75) is 32.2 Å². The molecule has 1 saturated carbocycles. The second-order valence-corrected chi connectivity index (χ2v) is 11.2. The second kappa shape index (κ2) is 12.3. The third-order valence-electron chi connectivity index (χ3n) is 8.40. The van der Waals surface area contributed by atoms with Gasteiger partial charge in [-0.2, -0.15) is 13.2 Å². The first-order valence-electron chi connectivity index (χ1n) is 14.5. The van der Waals surface area contributed by atoms with Crippen LogP contribution < -0.4 is 15.2 Å². The fourth-order valence-corrected chi connectivity index (χ4v) is 6.09. The van der Waals surface area contributed by atoms with Crippen LogP contribution in [0.4, 0.5) is 23.7 Å². The minimum atomic E-state index is -4.66. The largest absolute Gasteiger partial charge is 0.489 e. The average Bonchev–Trinajstić information content (AvgIpc) is 3.67. The van der Waals surface area contributed by atoms with Crippen molar-refractivity contribution in [1.29, 1.82) is 0 Å². The lowest BCUT2D eigenvalue weighted by Crippen LogP contribution is -2.34. The summed E-state index contributed by atoms with van der Waals surface area (Å²) in [6.07, 6.45) is -4.54. The lowest BCUT2D eigenvalue weighted by molar-refractivity contribution is -0.144. The van der Waals surface area contributed by atoms with Gasteiger partial charge in [0.05, 0.1) is 30.0 Å². The number of aromatic nitrogens is 3. The average molecular weight is 637 g/mol. The Balaban J connectivity index is 1.13. The molecule has 1 N–H and O–H groups in total. The van der Waals surface area contributed by atoms with Gasteiger partial charge < -0.3 is 14.6 Å². The number of Topliss-reactive ketones (excluding diaryl/α,β-unsaturated/α-hetero) is 1. The number of cyclic esters (lactones) is 1. The highest BCUT2D eigenvalue weighted by Crippen LogP contribution is 2.40. The smallest absolute Gasteiger partial charge is 0.416 e. The number of benzene rings is 3. The molecule has 1 amide bonds. The van der Waals surface area contributed by atoms with Gasteiger partial charge >= 0.3 is 18.2 Å². The van der Waals surface area contributed by atoms with Crippen LogP contribution in [0.3, 0.4) is 0 Å². The summed E-state index contributed by atoms with van der Waals surface area (Å²) in [4.78, 5) is 52.2. The zero-order valence-corrected chi connectivity index (χ0v) is 24.1. The highest BCUT2D eigenvalue weighted by molar-refractivity contribution is 6.00. The molecule has 14 heteroatoms. The molecular weight excluding hydrogens is 609 g/mol. The standard InChI is InChI=1S/C32H27F3N4O7/c33-32(34,35)21-7-11-26-25(15-21)29(41)39(37-36-26)16-20-6-10-24(27(20)30(42)43)28(40)19-4-8-23(9-5-19)46-17-18-2-1-3-22(14-18)38-12-13-45-31(38)44/h1-5,7-9,11,14-15,20,24,27H,6,10,12-13,16-17H2,(H,42,43)/t20-,24-,27-/m0/s1. The number of hydrogen-bond donors (Lipinski definition) is 1. The Morgan fingerprint density at radius 1 is 1.02 bits per heavy atom. The maximum absolute atomic E-state index is 13.5. The molecule has 2 fully saturated rings. The third-order valence-corrected chi connectivity index (χ3v) is 8.40. The molecule has 1 aromatic heterocycles. The van der Waals surface area contributed by atoms with Crippen LogP contribution in [0.1, 0.15) is 34.3 Å². The van der Waals surface area contributed by atoms with Gasteiger partial charge in [-0.25, -0.2) is 9.48 Å². The highest BCUT2D eigenvalue weighted by Gasteiger charge is 2.45. The molecule has 6 rings (SSSR count). The van der Waals surface area contributed by atoms with Crippen LogP contribution in [0, 0.1) is 17.8 Å². The molecule has 0 radical (unpaired) electrons. The van der Waals surface area contributed by atoms with Crippen molar-refractivity contribution in [3.8, 4) is 5.75 Å². The van der Waals surface area contributed by atoms with E-state index in [1.165, 1.54) is 4.90 Å². The number of fused-ring (bicyclic) bond motifs is 1. The zero-order valence-electron chi connectivity index (χ0n) is 24.1. The Bertz CT molecular complexity index is 1880. The number of alkyl halides is 3. The van der Waals surface area contributed by atoms with E-state index in [2.05, 4.69) is 10.3 Å². The molecule has 46 heavy (non-hydrogen) atoms. The Kier molecular flexibility index (Phi) is 8.19. The number of carboxylic acid groups (broad SMARTS) is 1. The fraction of sp³-hybridized carbons (Fsp3) is 0.312. The number of hydrogen-bond acceptors (Lipinski definition) is 8. The summed E-state index contributed by atoms with van der Waals surface area (Å²) in [7, 11) is 0. The number of ether oxygens (including phenoxy) is 2. The maximum atomic E-state index is 13.5. The summed E-state index contributed by atoms with van der Waals surface area (Å²) in [6, 6.07) is 16.2. The summed E-state index contributed by atoms with van der Waals surface area (Å²) >= 11 is 0. The van der Waals surface area contributed by atoms with E-state index >= 15 is 0 Å². The topological polar surface area (TPSA) is 141 Å². The molecule has 2 aliphatic rings. The molecule has 0 spiro atoms. The van der Waals surface area contributed by atoms with Crippen molar-refractivity contribution in [3.63, 3.8) is 0 Å². The molecule has 1 aliphatic carbocycles. The van der Waals surface area contributed by atoms with Crippen LogP contribution >= 0.6 is 0 Å². The van der Waals surface area contributed by atoms with E-state index in [4.69, 9.17) is 9.47 Å². The van der Waals surface area contributed by atoms with Crippen molar-refractivity contribution in [2.75, 3.05) is 18.1 Å². The SMILES string of the molecule is O=C(O)[C@H]1[C@H](Cn2nnc3ccc(C(F)(F)F)cc3c2=O)CC[C@@H]1C(=O)c1ccc(OCc2cccc(N3CCOC3=O)c2)cc1. The Hall–Kier alpha value is -5.27. The van der Waals surface area contributed by atoms with Crippen molar-refractivity contribution in [1.82, 2.24) is 15.0 Å². The van der Waals surface area contributed by atoms with Gasteiger partial charge in [-0.15, -0.1) is 5.10 Å². The Morgan fingerprint density at radius 3 is 2.50 bits per heavy atom. The van der Waals surface area contributed by atoms with Gasteiger partial charge in [0.1, 0.15) is 24.5 Å². The molecule has 0 bridgehead atoms. The van der Waals surface area contributed by atoms with Crippen molar-refractivity contribution in [2.24, 2.45) is 17.8 Å². The van der Waals surface area contributed by atoms with E-state index in [9.17, 15) is 37.5 Å².